The molecule has 1 aromatic heterocycles. The van der Waals surface area contributed by atoms with E-state index in [0.29, 0.717) is 19.6 Å². The number of nitrogens with one attached hydrogen (secondary N) is 1. The number of aliphatic carboxylic acids is 1. The highest BCUT2D eigenvalue weighted by atomic mass is 16.5. The number of hydrogen-bond donors (Lipinski definition) is 2. The second-order valence-electron chi connectivity index (χ2n) is 7.73. The first-order chi connectivity index (χ1) is 13.4. The molecule has 2 aromatic rings. The van der Waals surface area contributed by atoms with Gasteiger partial charge in [-0.15, -0.1) is 0 Å². The van der Waals surface area contributed by atoms with Crippen molar-refractivity contribution in [1.82, 2.24) is 14.8 Å². The first-order valence-corrected chi connectivity index (χ1v) is 9.78. The van der Waals surface area contributed by atoms with E-state index in [1.165, 1.54) is 0 Å². The molecule has 0 radical (unpaired) electrons. The van der Waals surface area contributed by atoms with Gasteiger partial charge in [-0.3, -0.25) is 9.59 Å². The summed E-state index contributed by atoms with van der Waals surface area (Å²) in [6, 6.07) is 5.89. The van der Waals surface area contributed by atoms with Gasteiger partial charge < -0.3 is 24.6 Å². The fourth-order valence-corrected chi connectivity index (χ4v) is 3.72. The second-order valence-corrected chi connectivity index (χ2v) is 7.73. The molecule has 2 atom stereocenters. The maximum atomic E-state index is 13.0. The smallest absolute Gasteiger partial charge is 0.308 e. The normalized spacial score (nSPS) is 19.9. The zero-order chi connectivity index (χ0) is 20.3. The maximum Gasteiger partial charge on any atom is 0.308 e. The minimum atomic E-state index is -0.839. The molecule has 2 heterocycles. The van der Waals surface area contributed by atoms with Crippen LogP contribution in [0.3, 0.4) is 0 Å². The Labute approximate surface area is 165 Å². The number of aromatic amines is 1. The average Bonchev–Trinajstić information content (AvgIpc) is 3.07. The quantitative estimate of drug-likeness (QED) is 0.762. The van der Waals surface area contributed by atoms with Gasteiger partial charge in [0.05, 0.1) is 18.9 Å². The Balaban J connectivity index is 1.76. The van der Waals surface area contributed by atoms with Crippen LogP contribution in [-0.2, 0) is 16.0 Å². The number of rotatable bonds is 7. The van der Waals surface area contributed by atoms with Crippen molar-refractivity contribution in [2.24, 2.45) is 5.92 Å². The molecule has 152 valence electrons. The van der Waals surface area contributed by atoms with E-state index >= 15 is 0 Å². The fourth-order valence-electron chi connectivity index (χ4n) is 3.72. The lowest BCUT2D eigenvalue weighted by atomic mass is 9.93. The standard InChI is InChI=1S/C21H29N3O4/c1-4-7-28-17-5-6-19-18(10-17)14(11-22-19)9-20(25)24-12-15(21(26)27)8-16(13-24)23(2)3/h5-6,10-11,15-16,22H,4,7-9,12-13H2,1-3H3,(H,26,27). The Bertz CT molecular complexity index is 845. The van der Waals surface area contributed by atoms with Crippen LogP contribution in [0.1, 0.15) is 25.3 Å². The van der Waals surface area contributed by atoms with Crippen LogP contribution in [-0.4, -0.2) is 71.6 Å². The van der Waals surface area contributed by atoms with Crippen molar-refractivity contribution in [1.29, 1.82) is 0 Å². The zero-order valence-corrected chi connectivity index (χ0v) is 16.8. The molecule has 1 amide bonds. The van der Waals surface area contributed by atoms with Gasteiger partial charge in [-0.25, -0.2) is 0 Å². The summed E-state index contributed by atoms with van der Waals surface area (Å²) in [4.78, 5) is 31.4. The average molecular weight is 387 g/mol. The van der Waals surface area contributed by atoms with E-state index in [4.69, 9.17) is 4.74 Å². The summed E-state index contributed by atoms with van der Waals surface area (Å²) in [6.45, 7) is 3.54. The molecule has 0 aliphatic carbocycles. The number of amides is 1. The molecule has 1 aromatic carbocycles. The Hall–Kier alpha value is -2.54. The molecule has 7 nitrogen and oxygen atoms in total. The van der Waals surface area contributed by atoms with Gasteiger partial charge in [0.15, 0.2) is 0 Å². The molecule has 0 bridgehead atoms. The second kappa shape index (κ2) is 8.65. The Morgan fingerprint density at radius 2 is 2.11 bits per heavy atom. The van der Waals surface area contributed by atoms with Crippen molar-refractivity contribution in [3.05, 3.63) is 30.0 Å². The predicted molar refractivity (Wildman–Crippen MR) is 108 cm³/mol. The third-order valence-electron chi connectivity index (χ3n) is 5.41. The molecular weight excluding hydrogens is 358 g/mol. The van der Waals surface area contributed by atoms with Gasteiger partial charge >= 0.3 is 5.97 Å². The van der Waals surface area contributed by atoms with Gasteiger partial charge in [0.1, 0.15) is 5.75 Å². The number of carbonyl (C=O) groups excluding carboxylic acids is 1. The van der Waals surface area contributed by atoms with Gasteiger partial charge in [-0.1, -0.05) is 6.92 Å². The number of fused-ring (bicyclic) bond motifs is 1. The molecule has 0 saturated carbocycles. The number of carboxylic acid groups (broad SMARTS) is 1. The third-order valence-corrected chi connectivity index (χ3v) is 5.41. The van der Waals surface area contributed by atoms with Crippen LogP contribution >= 0.6 is 0 Å². The van der Waals surface area contributed by atoms with Crippen LogP contribution in [0.5, 0.6) is 5.75 Å². The summed E-state index contributed by atoms with van der Waals surface area (Å²) in [5, 5.41) is 10.4. The van der Waals surface area contributed by atoms with Gasteiger partial charge in [0, 0.05) is 36.2 Å². The molecule has 2 unspecified atom stereocenters. The monoisotopic (exact) mass is 387 g/mol. The number of likely N-dealkylation sites (N-methyl/N-ethyl adjacent to an activating group) is 1. The highest BCUT2D eigenvalue weighted by molar-refractivity contribution is 5.90. The number of benzene rings is 1. The number of aromatic nitrogens is 1. The molecule has 3 rings (SSSR count). The summed E-state index contributed by atoms with van der Waals surface area (Å²) in [7, 11) is 3.85. The summed E-state index contributed by atoms with van der Waals surface area (Å²) in [5.74, 6) is -0.617. The molecule has 0 spiro atoms. The first kappa shape index (κ1) is 20.2. The Morgan fingerprint density at radius 3 is 2.79 bits per heavy atom. The molecular formula is C21H29N3O4. The first-order valence-electron chi connectivity index (χ1n) is 9.78. The van der Waals surface area contributed by atoms with Crippen LogP contribution < -0.4 is 4.74 Å². The molecule has 1 aliphatic rings. The number of carbonyl (C=O) groups is 2. The van der Waals surface area contributed by atoms with Gasteiger partial charge in [0.25, 0.3) is 0 Å². The van der Waals surface area contributed by atoms with Crippen molar-refractivity contribution < 1.29 is 19.4 Å². The summed E-state index contributed by atoms with van der Waals surface area (Å²) < 4.78 is 5.71. The number of nitrogens with zero attached hydrogens (tertiary/aromatic N) is 2. The van der Waals surface area contributed by atoms with Crippen LogP contribution in [0.15, 0.2) is 24.4 Å². The van der Waals surface area contributed by atoms with E-state index < -0.39 is 11.9 Å². The lowest BCUT2D eigenvalue weighted by Gasteiger charge is -2.39. The summed E-state index contributed by atoms with van der Waals surface area (Å²) in [6.07, 6.45) is 3.60. The van der Waals surface area contributed by atoms with Crippen molar-refractivity contribution in [3.8, 4) is 5.75 Å². The third kappa shape index (κ3) is 4.47. The van der Waals surface area contributed by atoms with E-state index in [9.17, 15) is 14.7 Å². The summed E-state index contributed by atoms with van der Waals surface area (Å²) in [5.41, 5.74) is 1.86. The van der Waals surface area contributed by atoms with Gasteiger partial charge in [-0.05, 0) is 50.7 Å². The molecule has 2 N–H and O–H groups in total. The van der Waals surface area contributed by atoms with E-state index in [0.717, 1.165) is 28.6 Å². The Kier molecular flexibility index (Phi) is 6.24. The van der Waals surface area contributed by atoms with Crippen LogP contribution in [0.2, 0.25) is 0 Å². The molecule has 28 heavy (non-hydrogen) atoms. The predicted octanol–water partition coefficient (Wildman–Crippen LogP) is 2.36. The van der Waals surface area contributed by atoms with E-state index in [1.54, 1.807) is 4.90 Å². The molecule has 7 heteroatoms. The van der Waals surface area contributed by atoms with E-state index in [1.807, 2.05) is 43.4 Å². The Morgan fingerprint density at radius 1 is 1.32 bits per heavy atom. The van der Waals surface area contributed by atoms with Gasteiger partial charge in [-0.2, -0.15) is 0 Å². The van der Waals surface area contributed by atoms with Crippen molar-refractivity contribution in [2.45, 2.75) is 32.2 Å². The highest BCUT2D eigenvalue weighted by Gasteiger charge is 2.34. The molecule has 1 aliphatic heterocycles. The highest BCUT2D eigenvalue weighted by Crippen LogP contribution is 2.26. The van der Waals surface area contributed by atoms with Gasteiger partial charge in [0.2, 0.25) is 5.91 Å². The summed E-state index contributed by atoms with van der Waals surface area (Å²) >= 11 is 0. The number of likely N-dealkylation sites (tertiary alicyclic amines) is 1. The van der Waals surface area contributed by atoms with E-state index in [-0.39, 0.29) is 24.9 Å². The minimum Gasteiger partial charge on any atom is -0.494 e. The fraction of sp³-hybridized carbons (Fsp3) is 0.524. The van der Waals surface area contributed by atoms with E-state index in [2.05, 4.69) is 11.9 Å². The number of carboxylic acids is 1. The number of hydrogen-bond acceptors (Lipinski definition) is 4. The lowest BCUT2D eigenvalue weighted by molar-refractivity contribution is -0.147. The van der Waals surface area contributed by atoms with Crippen LogP contribution in [0.4, 0.5) is 0 Å². The number of H-pyrrole nitrogens is 1. The van der Waals surface area contributed by atoms with Crippen molar-refractivity contribution in [3.63, 3.8) is 0 Å². The zero-order valence-electron chi connectivity index (χ0n) is 16.8. The van der Waals surface area contributed by atoms with Crippen LogP contribution in [0.25, 0.3) is 10.9 Å². The molecule has 1 fully saturated rings. The van der Waals surface area contributed by atoms with Crippen molar-refractivity contribution in [2.75, 3.05) is 33.8 Å². The minimum absolute atomic E-state index is 0.0430. The SMILES string of the molecule is CCCOc1ccc2[nH]cc(CC(=O)N3CC(C(=O)O)CC(N(C)C)C3)c2c1. The van der Waals surface area contributed by atoms with Crippen molar-refractivity contribution >= 4 is 22.8 Å². The number of ether oxygens (including phenoxy) is 1. The maximum absolute atomic E-state index is 13.0. The largest absolute Gasteiger partial charge is 0.494 e. The number of piperidine rings is 1. The molecule has 1 saturated heterocycles. The van der Waals surface area contributed by atoms with Crippen LogP contribution in [0, 0.1) is 5.92 Å². The topological polar surface area (TPSA) is 85.9 Å². The lowest BCUT2D eigenvalue weighted by Crippen LogP contribution is -2.52.